The third kappa shape index (κ3) is 6.24. The van der Waals surface area contributed by atoms with Crippen molar-refractivity contribution >= 4 is 11.7 Å². The lowest BCUT2D eigenvalue weighted by atomic mass is 10.1. The van der Waals surface area contributed by atoms with Crippen molar-refractivity contribution in [3.8, 4) is 11.5 Å². The van der Waals surface area contributed by atoms with E-state index in [0.29, 0.717) is 37.3 Å². The molecule has 138 valence electrons. The second kappa shape index (κ2) is 10.2. The molecule has 0 aliphatic carbocycles. The van der Waals surface area contributed by atoms with Gasteiger partial charge >= 0.3 is 0 Å². The number of Topliss-reactive ketones (excluding diaryl/α,β-unsaturated/α-hetero) is 1. The summed E-state index contributed by atoms with van der Waals surface area (Å²) < 4.78 is 10.9. The first-order valence-corrected chi connectivity index (χ1v) is 8.72. The SMILES string of the molecule is COc1ccccc1CCNC(=O)CCCOc1ccc(C(C)=O)cc1. The molecule has 0 aliphatic heterocycles. The Kier molecular flexibility index (Phi) is 7.68. The number of hydrogen-bond donors (Lipinski definition) is 1. The topological polar surface area (TPSA) is 64.6 Å². The summed E-state index contributed by atoms with van der Waals surface area (Å²) >= 11 is 0. The molecule has 0 fully saturated rings. The molecule has 0 saturated carbocycles. The number of benzene rings is 2. The second-order valence-corrected chi connectivity index (χ2v) is 5.94. The van der Waals surface area contributed by atoms with Gasteiger partial charge in [-0.25, -0.2) is 0 Å². The zero-order valence-electron chi connectivity index (χ0n) is 15.3. The lowest BCUT2D eigenvalue weighted by Gasteiger charge is -2.09. The molecule has 0 unspecified atom stereocenters. The number of amides is 1. The number of ketones is 1. The van der Waals surface area contributed by atoms with Crippen LogP contribution in [0.15, 0.2) is 48.5 Å². The highest BCUT2D eigenvalue weighted by Crippen LogP contribution is 2.17. The van der Waals surface area contributed by atoms with E-state index in [4.69, 9.17) is 9.47 Å². The molecule has 0 radical (unpaired) electrons. The average molecular weight is 355 g/mol. The molecule has 26 heavy (non-hydrogen) atoms. The molecule has 0 spiro atoms. The summed E-state index contributed by atoms with van der Waals surface area (Å²) in [5.74, 6) is 1.58. The van der Waals surface area contributed by atoms with Gasteiger partial charge in [0.25, 0.3) is 0 Å². The van der Waals surface area contributed by atoms with Crippen LogP contribution in [0.1, 0.15) is 35.7 Å². The molecule has 5 heteroatoms. The van der Waals surface area contributed by atoms with Gasteiger partial charge < -0.3 is 14.8 Å². The Labute approximate surface area is 154 Å². The minimum atomic E-state index is 0.00965. The van der Waals surface area contributed by atoms with Crippen molar-refractivity contribution in [2.24, 2.45) is 0 Å². The molecule has 0 atom stereocenters. The Morgan fingerprint density at radius 2 is 1.77 bits per heavy atom. The molecule has 5 nitrogen and oxygen atoms in total. The van der Waals surface area contributed by atoms with Crippen LogP contribution in [0.3, 0.4) is 0 Å². The van der Waals surface area contributed by atoms with Crippen LogP contribution in [0.2, 0.25) is 0 Å². The van der Waals surface area contributed by atoms with Crippen LogP contribution in [0.25, 0.3) is 0 Å². The van der Waals surface area contributed by atoms with Gasteiger partial charge in [0, 0.05) is 18.5 Å². The molecule has 0 heterocycles. The number of carbonyl (C=O) groups is 2. The minimum absolute atomic E-state index is 0.00965. The van der Waals surface area contributed by atoms with Gasteiger partial charge in [0.1, 0.15) is 11.5 Å². The normalized spacial score (nSPS) is 10.2. The van der Waals surface area contributed by atoms with E-state index in [1.54, 1.807) is 31.4 Å². The van der Waals surface area contributed by atoms with E-state index in [9.17, 15) is 9.59 Å². The van der Waals surface area contributed by atoms with Gasteiger partial charge in [-0.15, -0.1) is 0 Å². The fraction of sp³-hybridized carbons (Fsp3) is 0.333. The molecular weight excluding hydrogens is 330 g/mol. The molecule has 2 aromatic carbocycles. The van der Waals surface area contributed by atoms with Crippen LogP contribution in [0.5, 0.6) is 11.5 Å². The zero-order valence-corrected chi connectivity index (χ0v) is 15.3. The maximum atomic E-state index is 11.9. The monoisotopic (exact) mass is 355 g/mol. The highest BCUT2D eigenvalue weighted by atomic mass is 16.5. The summed E-state index contributed by atoms with van der Waals surface area (Å²) in [7, 11) is 1.64. The van der Waals surface area contributed by atoms with E-state index in [2.05, 4.69) is 5.32 Å². The molecule has 2 rings (SSSR count). The number of methoxy groups -OCH3 is 1. The first kappa shape index (κ1) is 19.5. The van der Waals surface area contributed by atoms with Gasteiger partial charge in [-0.2, -0.15) is 0 Å². The fourth-order valence-electron chi connectivity index (χ4n) is 2.54. The number of carbonyl (C=O) groups excluding carboxylic acids is 2. The van der Waals surface area contributed by atoms with Crippen molar-refractivity contribution in [1.82, 2.24) is 5.32 Å². The highest BCUT2D eigenvalue weighted by Gasteiger charge is 2.05. The molecule has 1 N–H and O–H groups in total. The molecule has 0 bridgehead atoms. The van der Waals surface area contributed by atoms with Crippen LogP contribution in [0.4, 0.5) is 0 Å². The van der Waals surface area contributed by atoms with E-state index in [1.165, 1.54) is 6.92 Å². The van der Waals surface area contributed by atoms with E-state index < -0.39 is 0 Å². The van der Waals surface area contributed by atoms with Crippen LogP contribution in [0, 0.1) is 0 Å². The lowest BCUT2D eigenvalue weighted by Crippen LogP contribution is -2.25. The third-order valence-electron chi connectivity index (χ3n) is 3.99. The largest absolute Gasteiger partial charge is 0.496 e. The smallest absolute Gasteiger partial charge is 0.220 e. The van der Waals surface area contributed by atoms with E-state index in [1.807, 2.05) is 24.3 Å². The van der Waals surface area contributed by atoms with Crippen molar-refractivity contribution in [1.29, 1.82) is 0 Å². The van der Waals surface area contributed by atoms with Crippen LogP contribution < -0.4 is 14.8 Å². The third-order valence-corrected chi connectivity index (χ3v) is 3.99. The second-order valence-electron chi connectivity index (χ2n) is 5.94. The Morgan fingerprint density at radius 3 is 2.46 bits per heavy atom. The van der Waals surface area contributed by atoms with Gasteiger partial charge in [-0.3, -0.25) is 9.59 Å². The summed E-state index contributed by atoms with van der Waals surface area (Å²) in [6, 6.07) is 14.8. The van der Waals surface area contributed by atoms with Gasteiger partial charge in [0.2, 0.25) is 5.91 Å². The van der Waals surface area contributed by atoms with Gasteiger partial charge in [-0.05, 0) is 55.7 Å². The number of hydrogen-bond acceptors (Lipinski definition) is 4. The number of nitrogens with one attached hydrogen (secondary N) is 1. The maximum absolute atomic E-state index is 11.9. The molecular formula is C21H25NO4. The van der Waals surface area contributed by atoms with Crippen molar-refractivity contribution in [2.75, 3.05) is 20.3 Å². The van der Waals surface area contributed by atoms with Crippen molar-refractivity contribution < 1.29 is 19.1 Å². The van der Waals surface area contributed by atoms with Crippen LogP contribution >= 0.6 is 0 Å². The van der Waals surface area contributed by atoms with Crippen LogP contribution in [-0.2, 0) is 11.2 Å². The summed E-state index contributed by atoms with van der Waals surface area (Å²) in [5.41, 5.74) is 1.74. The molecule has 2 aromatic rings. The zero-order chi connectivity index (χ0) is 18.8. The average Bonchev–Trinajstić information content (AvgIpc) is 2.66. The van der Waals surface area contributed by atoms with E-state index in [-0.39, 0.29) is 11.7 Å². The Morgan fingerprint density at radius 1 is 1.04 bits per heavy atom. The molecule has 0 aromatic heterocycles. The Balaban J connectivity index is 1.62. The molecule has 0 aliphatic rings. The van der Waals surface area contributed by atoms with E-state index >= 15 is 0 Å². The number of rotatable bonds is 10. The van der Waals surface area contributed by atoms with Gasteiger partial charge in [0.05, 0.1) is 13.7 Å². The lowest BCUT2D eigenvalue weighted by molar-refractivity contribution is -0.121. The quantitative estimate of drug-likeness (QED) is 0.524. The van der Waals surface area contributed by atoms with Crippen molar-refractivity contribution in [3.63, 3.8) is 0 Å². The van der Waals surface area contributed by atoms with Gasteiger partial charge in [-0.1, -0.05) is 18.2 Å². The first-order chi connectivity index (χ1) is 12.6. The predicted octanol–water partition coefficient (Wildman–Crippen LogP) is 3.42. The summed E-state index contributed by atoms with van der Waals surface area (Å²) in [4.78, 5) is 23.1. The Bertz CT molecular complexity index is 725. The maximum Gasteiger partial charge on any atom is 0.220 e. The number of para-hydroxylation sites is 1. The Hall–Kier alpha value is -2.82. The van der Waals surface area contributed by atoms with E-state index in [0.717, 1.165) is 17.7 Å². The highest BCUT2D eigenvalue weighted by molar-refractivity contribution is 5.94. The predicted molar refractivity (Wildman–Crippen MR) is 101 cm³/mol. The van der Waals surface area contributed by atoms with Gasteiger partial charge in [0.15, 0.2) is 5.78 Å². The summed E-state index contributed by atoms with van der Waals surface area (Å²) in [6.45, 7) is 2.56. The minimum Gasteiger partial charge on any atom is -0.496 e. The summed E-state index contributed by atoms with van der Waals surface area (Å²) in [5, 5.41) is 2.91. The summed E-state index contributed by atoms with van der Waals surface area (Å²) in [6.07, 6.45) is 1.78. The fourth-order valence-corrected chi connectivity index (χ4v) is 2.54. The molecule has 0 saturated heterocycles. The standard InChI is InChI=1S/C21H25NO4/c1-16(23)17-9-11-19(12-10-17)26-15-5-8-21(24)22-14-13-18-6-3-4-7-20(18)25-2/h3-4,6-7,9-12H,5,8,13-15H2,1-2H3,(H,22,24). The number of ether oxygens (including phenoxy) is 2. The van der Waals surface area contributed by atoms with Crippen molar-refractivity contribution in [2.45, 2.75) is 26.2 Å². The van der Waals surface area contributed by atoms with Crippen LogP contribution in [-0.4, -0.2) is 32.0 Å². The molecule has 1 amide bonds. The first-order valence-electron chi connectivity index (χ1n) is 8.72. The van der Waals surface area contributed by atoms with Crippen molar-refractivity contribution in [3.05, 3.63) is 59.7 Å².